The fraction of sp³-hybridized carbons (Fsp3) is 0.462. The van der Waals surface area contributed by atoms with Crippen LogP contribution in [0.5, 0.6) is 0 Å². The molecule has 0 amide bonds. The molecule has 1 aliphatic rings. The van der Waals surface area contributed by atoms with Gasteiger partial charge in [-0.25, -0.2) is 4.79 Å². The fourth-order valence-corrected chi connectivity index (χ4v) is 3.90. The summed E-state index contributed by atoms with van der Waals surface area (Å²) in [5.74, 6) is -0.886. The molecule has 2 N–H and O–H groups in total. The third kappa shape index (κ3) is 3.87. The molecule has 1 atom stereocenters. The van der Waals surface area contributed by atoms with Crippen LogP contribution in [0.2, 0.25) is 5.02 Å². The third-order valence-corrected chi connectivity index (χ3v) is 5.24. The number of hydrogen-bond acceptors (Lipinski definition) is 3. The van der Waals surface area contributed by atoms with Crippen molar-refractivity contribution in [2.24, 2.45) is 5.92 Å². The van der Waals surface area contributed by atoms with Crippen molar-refractivity contribution in [1.29, 1.82) is 0 Å². The highest BCUT2D eigenvalue weighted by Gasteiger charge is 2.27. The molecule has 0 aliphatic carbocycles. The van der Waals surface area contributed by atoms with Crippen molar-refractivity contribution in [2.75, 3.05) is 17.8 Å². The number of benzene rings is 1. The zero-order valence-corrected chi connectivity index (χ0v) is 13.1. The largest absolute Gasteiger partial charge is 0.478 e. The first-order valence-corrected chi connectivity index (χ1v) is 8.42. The molecule has 0 unspecified atom stereocenters. The van der Waals surface area contributed by atoms with Crippen molar-refractivity contribution in [3.8, 4) is 0 Å². The molecular formula is C13H17ClN2O4S. The van der Waals surface area contributed by atoms with E-state index in [2.05, 4.69) is 4.72 Å². The zero-order chi connectivity index (χ0) is 15.6. The number of nitrogens with one attached hydrogen (secondary N) is 1. The molecule has 0 aromatic heterocycles. The number of hydrogen-bond donors (Lipinski definition) is 2. The summed E-state index contributed by atoms with van der Waals surface area (Å²) in [5, 5.41) is 9.07. The second-order valence-corrected chi connectivity index (χ2v) is 7.29. The van der Waals surface area contributed by atoms with E-state index >= 15 is 0 Å². The van der Waals surface area contributed by atoms with Crippen LogP contribution >= 0.6 is 11.6 Å². The smallest absolute Gasteiger partial charge is 0.337 e. The average molecular weight is 333 g/mol. The molecule has 0 spiro atoms. The Balaban J connectivity index is 2.20. The van der Waals surface area contributed by atoms with Gasteiger partial charge >= 0.3 is 16.2 Å². The Kier molecular flexibility index (Phi) is 4.75. The first-order chi connectivity index (χ1) is 9.79. The van der Waals surface area contributed by atoms with Gasteiger partial charge in [0.05, 0.1) is 16.3 Å². The van der Waals surface area contributed by atoms with E-state index < -0.39 is 16.2 Å². The first kappa shape index (κ1) is 16.1. The highest BCUT2D eigenvalue weighted by Crippen LogP contribution is 2.23. The molecule has 1 aromatic carbocycles. The van der Waals surface area contributed by atoms with Gasteiger partial charge in [0.25, 0.3) is 0 Å². The second kappa shape index (κ2) is 6.21. The van der Waals surface area contributed by atoms with E-state index in [1.165, 1.54) is 22.5 Å². The van der Waals surface area contributed by atoms with Gasteiger partial charge in [-0.15, -0.1) is 0 Å². The molecule has 1 saturated heterocycles. The van der Waals surface area contributed by atoms with E-state index in [0.29, 0.717) is 19.0 Å². The molecule has 116 valence electrons. The van der Waals surface area contributed by atoms with E-state index in [1.54, 1.807) is 0 Å². The maximum absolute atomic E-state index is 12.3. The van der Waals surface area contributed by atoms with Crippen molar-refractivity contribution in [3.05, 3.63) is 28.8 Å². The second-order valence-electron chi connectivity index (χ2n) is 5.21. The van der Waals surface area contributed by atoms with Crippen LogP contribution in [-0.2, 0) is 10.2 Å². The van der Waals surface area contributed by atoms with Crippen LogP contribution in [0.25, 0.3) is 0 Å². The summed E-state index contributed by atoms with van der Waals surface area (Å²) in [6, 6.07) is 4.02. The monoisotopic (exact) mass is 332 g/mol. The molecule has 1 aliphatic heterocycles. The lowest BCUT2D eigenvalue weighted by Crippen LogP contribution is -2.42. The fourth-order valence-electron chi connectivity index (χ4n) is 2.33. The molecule has 2 rings (SSSR count). The topological polar surface area (TPSA) is 86.7 Å². The average Bonchev–Trinajstić information content (AvgIpc) is 2.40. The molecule has 1 heterocycles. The number of nitrogens with zero attached hydrogens (tertiary/aromatic N) is 1. The summed E-state index contributed by atoms with van der Waals surface area (Å²) in [6.45, 7) is 2.94. The Morgan fingerprint density at radius 1 is 1.48 bits per heavy atom. The SMILES string of the molecule is C[C@H]1CCCN(S(=O)(=O)Nc2ccc(Cl)c(C(=O)O)c2)C1. The Morgan fingerprint density at radius 2 is 2.19 bits per heavy atom. The summed E-state index contributed by atoms with van der Waals surface area (Å²) in [4.78, 5) is 11.0. The molecule has 1 aromatic rings. The Morgan fingerprint density at radius 3 is 2.81 bits per heavy atom. The lowest BCUT2D eigenvalue weighted by Gasteiger charge is -2.30. The Hall–Kier alpha value is -1.31. The number of aromatic carboxylic acids is 1. The Labute approximate surface area is 128 Å². The number of anilines is 1. The summed E-state index contributed by atoms with van der Waals surface area (Å²) in [6.07, 6.45) is 1.83. The van der Waals surface area contributed by atoms with Crippen LogP contribution in [0.4, 0.5) is 5.69 Å². The number of carboxylic acids is 1. The maximum Gasteiger partial charge on any atom is 0.337 e. The van der Waals surface area contributed by atoms with Crippen LogP contribution < -0.4 is 4.72 Å². The van der Waals surface area contributed by atoms with Crippen molar-refractivity contribution >= 4 is 33.5 Å². The predicted molar refractivity (Wildman–Crippen MR) is 80.9 cm³/mol. The highest BCUT2D eigenvalue weighted by atomic mass is 35.5. The molecule has 0 bridgehead atoms. The van der Waals surface area contributed by atoms with Crippen LogP contribution in [-0.4, -0.2) is 36.9 Å². The van der Waals surface area contributed by atoms with Gasteiger partial charge in [0.2, 0.25) is 0 Å². The van der Waals surface area contributed by atoms with Gasteiger partial charge in [-0.05, 0) is 37.0 Å². The van der Waals surface area contributed by atoms with Crippen molar-refractivity contribution in [2.45, 2.75) is 19.8 Å². The van der Waals surface area contributed by atoms with E-state index in [1.807, 2.05) is 6.92 Å². The van der Waals surface area contributed by atoms with Crippen molar-refractivity contribution in [1.82, 2.24) is 4.31 Å². The Bertz CT molecular complexity index is 648. The minimum absolute atomic E-state index is 0.0667. The molecule has 8 heteroatoms. The van der Waals surface area contributed by atoms with Gasteiger partial charge < -0.3 is 5.11 Å². The number of rotatable bonds is 4. The van der Waals surface area contributed by atoms with Gasteiger partial charge in [0, 0.05) is 13.1 Å². The van der Waals surface area contributed by atoms with E-state index in [9.17, 15) is 13.2 Å². The van der Waals surface area contributed by atoms with Crippen LogP contribution in [0.1, 0.15) is 30.1 Å². The van der Waals surface area contributed by atoms with Crippen molar-refractivity contribution in [3.63, 3.8) is 0 Å². The van der Waals surface area contributed by atoms with Crippen molar-refractivity contribution < 1.29 is 18.3 Å². The number of halogens is 1. The molecule has 6 nitrogen and oxygen atoms in total. The van der Waals surface area contributed by atoms with Crippen LogP contribution in [0.3, 0.4) is 0 Å². The minimum atomic E-state index is -3.68. The first-order valence-electron chi connectivity index (χ1n) is 6.60. The summed E-state index contributed by atoms with van der Waals surface area (Å²) in [5.41, 5.74) is 0.0545. The minimum Gasteiger partial charge on any atom is -0.478 e. The molecule has 1 fully saturated rings. The van der Waals surface area contributed by atoms with Gasteiger partial charge in [-0.2, -0.15) is 12.7 Å². The lowest BCUT2D eigenvalue weighted by molar-refractivity contribution is 0.0697. The molecular weight excluding hydrogens is 316 g/mol. The highest BCUT2D eigenvalue weighted by molar-refractivity contribution is 7.90. The number of carbonyl (C=O) groups is 1. The van der Waals surface area contributed by atoms with E-state index in [-0.39, 0.29) is 16.3 Å². The predicted octanol–water partition coefficient (Wildman–Crippen LogP) is 2.43. The number of piperidine rings is 1. The van der Waals surface area contributed by atoms with Gasteiger partial charge in [-0.1, -0.05) is 18.5 Å². The standard InChI is InChI=1S/C13H17ClN2O4S/c1-9-3-2-6-16(8-9)21(19,20)15-10-4-5-12(14)11(7-10)13(17)18/h4-5,7,9,15H,2-3,6,8H2,1H3,(H,17,18)/t9-/m0/s1. The zero-order valence-electron chi connectivity index (χ0n) is 11.5. The quantitative estimate of drug-likeness (QED) is 0.886. The van der Waals surface area contributed by atoms with E-state index in [4.69, 9.17) is 16.7 Å². The lowest BCUT2D eigenvalue weighted by atomic mass is 10.0. The third-order valence-electron chi connectivity index (χ3n) is 3.40. The number of carboxylic acid groups (broad SMARTS) is 1. The normalized spacial score (nSPS) is 20.2. The van der Waals surface area contributed by atoms with Gasteiger partial charge in [0.15, 0.2) is 0 Å². The molecule has 0 saturated carbocycles. The molecule has 0 radical (unpaired) electrons. The molecule has 21 heavy (non-hydrogen) atoms. The van der Waals surface area contributed by atoms with E-state index in [0.717, 1.165) is 12.8 Å². The van der Waals surface area contributed by atoms with Gasteiger partial charge in [0.1, 0.15) is 0 Å². The summed E-state index contributed by atoms with van der Waals surface area (Å²) >= 11 is 5.76. The summed E-state index contributed by atoms with van der Waals surface area (Å²) < 4.78 is 28.4. The van der Waals surface area contributed by atoms with Crippen LogP contribution in [0.15, 0.2) is 18.2 Å². The summed E-state index contributed by atoms with van der Waals surface area (Å²) in [7, 11) is -3.68. The van der Waals surface area contributed by atoms with Gasteiger partial charge in [-0.3, -0.25) is 4.72 Å². The van der Waals surface area contributed by atoms with Crippen LogP contribution in [0, 0.1) is 5.92 Å². The maximum atomic E-state index is 12.3.